The Morgan fingerprint density at radius 3 is 2.50 bits per heavy atom. The molecule has 0 bridgehead atoms. The standard InChI is InChI=1S/C22H29NO5/c1-5-15-12-14(3)13-16(26-4)17(15)18-19(28-21(25)27-6-2)22(23-20(18)24)10-8-7-9-11-22/h12-13H,5-11H2,1-4H3,(H,23,24). The minimum atomic E-state index is -0.777. The Labute approximate surface area is 166 Å². The van der Waals surface area contributed by atoms with Crippen molar-refractivity contribution < 1.29 is 23.8 Å². The van der Waals surface area contributed by atoms with Gasteiger partial charge >= 0.3 is 6.16 Å². The van der Waals surface area contributed by atoms with Gasteiger partial charge in [0.1, 0.15) is 5.75 Å². The van der Waals surface area contributed by atoms with E-state index in [-0.39, 0.29) is 12.5 Å². The summed E-state index contributed by atoms with van der Waals surface area (Å²) in [5.41, 5.74) is 2.48. The SMILES string of the molecule is CCOC(=O)OC1=C(c2c(CC)cc(C)cc2OC)C(=O)NC12CCCCC2. The third kappa shape index (κ3) is 3.60. The van der Waals surface area contributed by atoms with Gasteiger partial charge in [-0.1, -0.05) is 32.3 Å². The van der Waals surface area contributed by atoms with E-state index in [1.165, 1.54) is 0 Å². The molecule has 1 aromatic rings. The van der Waals surface area contributed by atoms with Gasteiger partial charge in [-0.05, 0) is 50.3 Å². The predicted octanol–water partition coefficient (Wildman–Crippen LogP) is 4.28. The second-order valence-electron chi connectivity index (χ2n) is 7.44. The molecule has 3 rings (SSSR count). The summed E-state index contributed by atoms with van der Waals surface area (Å²) in [6.45, 7) is 5.97. The van der Waals surface area contributed by atoms with E-state index in [4.69, 9.17) is 14.2 Å². The Morgan fingerprint density at radius 2 is 1.89 bits per heavy atom. The van der Waals surface area contributed by atoms with Gasteiger partial charge in [-0.2, -0.15) is 0 Å². The van der Waals surface area contributed by atoms with E-state index in [1.54, 1.807) is 14.0 Å². The quantitative estimate of drug-likeness (QED) is 0.763. The Kier molecular flexibility index (Phi) is 5.96. The van der Waals surface area contributed by atoms with Crippen LogP contribution in [0.2, 0.25) is 0 Å². The number of amides is 1. The van der Waals surface area contributed by atoms with E-state index in [0.717, 1.165) is 49.7 Å². The molecule has 152 valence electrons. The normalized spacial score (nSPS) is 18.2. The van der Waals surface area contributed by atoms with Crippen molar-refractivity contribution in [1.82, 2.24) is 5.32 Å². The lowest BCUT2D eigenvalue weighted by molar-refractivity contribution is -0.116. The van der Waals surface area contributed by atoms with Crippen LogP contribution in [0.1, 0.15) is 62.6 Å². The van der Waals surface area contributed by atoms with Gasteiger partial charge in [0.25, 0.3) is 5.91 Å². The van der Waals surface area contributed by atoms with Crippen LogP contribution in [0.5, 0.6) is 5.75 Å². The number of ether oxygens (including phenoxy) is 3. The number of aryl methyl sites for hydroxylation is 2. The van der Waals surface area contributed by atoms with Gasteiger partial charge in [0.15, 0.2) is 5.76 Å². The molecule has 0 unspecified atom stereocenters. The molecule has 6 nitrogen and oxygen atoms in total. The highest BCUT2D eigenvalue weighted by molar-refractivity contribution is 6.24. The number of methoxy groups -OCH3 is 1. The number of benzene rings is 1. The molecule has 1 aliphatic carbocycles. The van der Waals surface area contributed by atoms with Crippen LogP contribution in [0.3, 0.4) is 0 Å². The lowest BCUT2D eigenvalue weighted by atomic mass is 9.80. The average molecular weight is 387 g/mol. The fourth-order valence-electron chi connectivity index (χ4n) is 4.34. The number of carbonyl (C=O) groups excluding carboxylic acids is 2. The third-order valence-electron chi connectivity index (χ3n) is 5.58. The largest absolute Gasteiger partial charge is 0.513 e. The van der Waals surface area contributed by atoms with Crippen LogP contribution in [0.4, 0.5) is 4.79 Å². The Morgan fingerprint density at radius 1 is 1.18 bits per heavy atom. The summed E-state index contributed by atoms with van der Waals surface area (Å²) in [5, 5.41) is 3.13. The first kappa shape index (κ1) is 20.2. The molecule has 1 heterocycles. The van der Waals surface area contributed by atoms with E-state index < -0.39 is 11.7 Å². The van der Waals surface area contributed by atoms with Gasteiger partial charge < -0.3 is 19.5 Å². The molecular formula is C22H29NO5. The van der Waals surface area contributed by atoms with Gasteiger partial charge in [0, 0.05) is 5.56 Å². The number of hydrogen-bond acceptors (Lipinski definition) is 5. The Hall–Kier alpha value is -2.50. The van der Waals surface area contributed by atoms with E-state index in [9.17, 15) is 9.59 Å². The third-order valence-corrected chi connectivity index (χ3v) is 5.58. The minimum Gasteiger partial charge on any atom is -0.496 e. The maximum absolute atomic E-state index is 13.2. The summed E-state index contributed by atoms with van der Waals surface area (Å²) in [6, 6.07) is 3.95. The van der Waals surface area contributed by atoms with Crippen LogP contribution in [-0.4, -0.2) is 31.3 Å². The van der Waals surface area contributed by atoms with Gasteiger partial charge in [0.05, 0.1) is 24.8 Å². The molecule has 1 N–H and O–H groups in total. The van der Waals surface area contributed by atoms with Crippen molar-refractivity contribution in [2.24, 2.45) is 0 Å². The summed E-state index contributed by atoms with van der Waals surface area (Å²) >= 11 is 0. The first-order valence-electron chi connectivity index (χ1n) is 10.1. The van der Waals surface area contributed by atoms with Crippen molar-refractivity contribution in [1.29, 1.82) is 0 Å². The zero-order valence-electron chi connectivity index (χ0n) is 17.1. The van der Waals surface area contributed by atoms with Crippen molar-refractivity contribution in [2.45, 2.75) is 64.8 Å². The van der Waals surface area contributed by atoms with Crippen molar-refractivity contribution in [3.63, 3.8) is 0 Å². The summed E-state index contributed by atoms with van der Waals surface area (Å²) in [7, 11) is 1.59. The average Bonchev–Trinajstić information content (AvgIpc) is 2.92. The fourth-order valence-corrected chi connectivity index (χ4v) is 4.34. The summed E-state index contributed by atoms with van der Waals surface area (Å²) in [4.78, 5) is 25.4. The van der Waals surface area contributed by atoms with Gasteiger partial charge in [-0.15, -0.1) is 0 Å². The highest BCUT2D eigenvalue weighted by Crippen LogP contribution is 2.46. The molecule has 1 amide bonds. The van der Waals surface area contributed by atoms with E-state index in [0.29, 0.717) is 22.6 Å². The van der Waals surface area contributed by atoms with Crippen molar-refractivity contribution in [3.8, 4) is 5.75 Å². The zero-order chi connectivity index (χ0) is 20.3. The van der Waals surface area contributed by atoms with Crippen molar-refractivity contribution in [2.75, 3.05) is 13.7 Å². The number of hydrogen-bond donors (Lipinski definition) is 1. The van der Waals surface area contributed by atoms with Crippen LogP contribution < -0.4 is 10.1 Å². The van der Waals surface area contributed by atoms with Gasteiger partial charge in [-0.25, -0.2) is 4.79 Å². The summed E-state index contributed by atoms with van der Waals surface area (Å²) in [6.07, 6.45) is 4.47. The fraction of sp³-hybridized carbons (Fsp3) is 0.545. The summed E-state index contributed by atoms with van der Waals surface area (Å²) < 4.78 is 16.3. The van der Waals surface area contributed by atoms with Crippen LogP contribution in [0.25, 0.3) is 5.57 Å². The zero-order valence-corrected chi connectivity index (χ0v) is 17.1. The molecule has 1 saturated carbocycles. The maximum Gasteiger partial charge on any atom is 0.513 e. The van der Waals surface area contributed by atoms with E-state index in [1.807, 2.05) is 26.0 Å². The molecule has 28 heavy (non-hydrogen) atoms. The van der Waals surface area contributed by atoms with Gasteiger partial charge in [0.2, 0.25) is 0 Å². The lowest BCUT2D eigenvalue weighted by Gasteiger charge is -2.34. The predicted molar refractivity (Wildman–Crippen MR) is 106 cm³/mol. The van der Waals surface area contributed by atoms with Crippen LogP contribution in [0.15, 0.2) is 17.9 Å². The second-order valence-corrected chi connectivity index (χ2v) is 7.44. The van der Waals surface area contributed by atoms with E-state index >= 15 is 0 Å². The topological polar surface area (TPSA) is 73.9 Å². The van der Waals surface area contributed by atoms with E-state index in [2.05, 4.69) is 5.32 Å². The van der Waals surface area contributed by atoms with Crippen molar-refractivity contribution in [3.05, 3.63) is 34.6 Å². The Balaban J connectivity index is 2.22. The number of carbonyl (C=O) groups is 2. The molecule has 1 aromatic carbocycles. The van der Waals surface area contributed by atoms with Crippen LogP contribution in [0, 0.1) is 6.92 Å². The lowest BCUT2D eigenvalue weighted by Crippen LogP contribution is -2.46. The maximum atomic E-state index is 13.2. The molecule has 2 aliphatic rings. The Bertz CT molecular complexity index is 780. The molecule has 1 aliphatic heterocycles. The highest BCUT2D eigenvalue weighted by Gasteiger charge is 2.49. The molecule has 6 heteroatoms. The number of nitrogens with one attached hydrogen (secondary N) is 1. The first-order chi connectivity index (χ1) is 13.5. The molecule has 0 aromatic heterocycles. The monoisotopic (exact) mass is 387 g/mol. The smallest absolute Gasteiger partial charge is 0.496 e. The second kappa shape index (κ2) is 8.25. The molecule has 1 spiro atoms. The molecule has 1 fully saturated rings. The minimum absolute atomic E-state index is 0.212. The molecular weight excluding hydrogens is 358 g/mol. The molecule has 0 radical (unpaired) electrons. The first-order valence-corrected chi connectivity index (χ1v) is 10.1. The summed E-state index contributed by atoms with van der Waals surface area (Å²) in [5.74, 6) is 0.769. The van der Waals surface area contributed by atoms with Crippen LogP contribution >= 0.6 is 0 Å². The highest BCUT2D eigenvalue weighted by atomic mass is 16.7. The molecule has 0 atom stereocenters. The number of rotatable bonds is 5. The van der Waals surface area contributed by atoms with Crippen LogP contribution in [-0.2, 0) is 20.7 Å². The molecule has 0 saturated heterocycles. The van der Waals surface area contributed by atoms with Crippen molar-refractivity contribution >= 4 is 17.6 Å². The van der Waals surface area contributed by atoms with Gasteiger partial charge in [-0.3, -0.25) is 4.79 Å².